The Morgan fingerprint density at radius 2 is 1.10 bits per heavy atom. The molecular formula is C26H19NO3. The van der Waals surface area contributed by atoms with E-state index in [1.165, 1.54) is 0 Å². The van der Waals surface area contributed by atoms with Crippen LogP contribution in [0, 0.1) is 0 Å². The van der Waals surface area contributed by atoms with Crippen molar-refractivity contribution in [2.45, 2.75) is 5.54 Å². The number of aromatic hydroxyl groups is 2. The van der Waals surface area contributed by atoms with Crippen LogP contribution in [0.2, 0.25) is 0 Å². The monoisotopic (exact) mass is 393 g/mol. The highest BCUT2D eigenvalue weighted by molar-refractivity contribution is 6.18. The van der Waals surface area contributed by atoms with Crippen LogP contribution in [0.5, 0.6) is 11.5 Å². The summed E-state index contributed by atoms with van der Waals surface area (Å²) in [5.74, 6) is 0.209. The summed E-state index contributed by atoms with van der Waals surface area (Å²) in [7, 11) is 0. The first-order valence-electron chi connectivity index (χ1n) is 9.70. The summed E-state index contributed by atoms with van der Waals surface area (Å²) in [6.45, 7) is 0. The van der Waals surface area contributed by atoms with E-state index in [0.29, 0.717) is 5.56 Å². The predicted octanol–water partition coefficient (Wildman–Crippen LogP) is 5.38. The number of phenols is 2. The molecule has 5 rings (SSSR count). The number of ketones is 1. The highest BCUT2D eigenvalue weighted by Gasteiger charge is 2.54. The number of hydrogen-bond acceptors (Lipinski definition) is 4. The molecule has 4 nitrogen and oxygen atoms in total. The maximum Gasteiger partial charge on any atom is 0.200 e. The van der Waals surface area contributed by atoms with E-state index in [0.717, 1.165) is 22.5 Å². The van der Waals surface area contributed by atoms with Gasteiger partial charge in [0.05, 0.1) is 5.69 Å². The van der Waals surface area contributed by atoms with E-state index in [1.54, 1.807) is 48.5 Å². The molecule has 0 amide bonds. The molecular weight excluding hydrogens is 374 g/mol. The van der Waals surface area contributed by atoms with Crippen LogP contribution in [0.15, 0.2) is 103 Å². The average Bonchev–Trinajstić information content (AvgIpc) is 3.05. The van der Waals surface area contributed by atoms with Gasteiger partial charge in [-0.25, -0.2) is 0 Å². The highest BCUT2D eigenvalue weighted by Crippen LogP contribution is 2.53. The molecule has 4 aromatic rings. The largest absolute Gasteiger partial charge is 0.508 e. The van der Waals surface area contributed by atoms with Gasteiger partial charge in [-0.2, -0.15) is 0 Å². The molecule has 0 saturated heterocycles. The zero-order valence-electron chi connectivity index (χ0n) is 16.1. The predicted molar refractivity (Wildman–Crippen MR) is 116 cm³/mol. The van der Waals surface area contributed by atoms with Crippen LogP contribution in [0.3, 0.4) is 0 Å². The van der Waals surface area contributed by atoms with Crippen LogP contribution in [-0.2, 0) is 5.54 Å². The number of carbonyl (C=O) groups is 1. The first-order chi connectivity index (χ1) is 14.6. The van der Waals surface area contributed by atoms with E-state index in [9.17, 15) is 15.0 Å². The van der Waals surface area contributed by atoms with Crippen molar-refractivity contribution in [3.8, 4) is 11.5 Å². The van der Waals surface area contributed by atoms with Crippen molar-refractivity contribution in [1.29, 1.82) is 0 Å². The second-order valence-corrected chi connectivity index (χ2v) is 7.32. The first kappa shape index (κ1) is 18.0. The number of carbonyl (C=O) groups excluding carboxylic acids is 1. The van der Waals surface area contributed by atoms with Crippen molar-refractivity contribution in [2.24, 2.45) is 0 Å². The third-order valence-electron chi connectivity index (χ3n) is 5.64. The Hall–Kier alpha value is -4.05. The van der Waals surface area contributed by atoms with Gasteiger partial charge in [0.2, 0.25) is 0 Å². The van der Waals surface area contributed by atoms with Crippen LogP contribution in [0.4, 0.5) is 11.4 Å². The molecule has 0 aromatic heterocycles. The molecule has 1 aliphatic heterocycles. The summed E-state index contributed by atoms with van der Waals surface area (Å²) in [4.78, 5) is 16.2. The number of anilines is 2. The van der Waals surface area contributed by atoms with E-state index < -0.39 is 5.54 Å². The van der Waals surface area contributed by atoms with Gasteiger partial charge >= 0.3 is 0 Å². The maximum absolute atomic E-state index is 14.1. The Morgan fingerprint density at radius 1 is 0.600 bits per heavy atom. The number of rotatable bonds is 3. The summed E-state index contributed by atoms with van der Waals surface area (Å²) in [6.07, 6.45) is 0. The molecule has 0 unspecified atom stereocenters. The summed E-state index contributed by atoms with van der Waals surface area (Å²) in [5, 5.41) is 19.8. The molecule has 0 radical (unpaired) electrons. The molecule has 146 valence electrons. The van der Waals surface area contributed by atoms with E-state index >= 15 is 0 Å². The van der Waals surface area contributed by atoms with Crippen molar-refractivity contribution >= 4 is 17.2 Å². The molecule has 0 bridgehead atoms. The van der Waals surface area contributed by atoms with Crippen LogP contribution in [-0.4, -0.2) is 16.0 Å². The van der Waals surface area contributed by atoms with E-state index in [-0.39, 0.29) is 17.3 Å². The molecule has 4 aromatic carbocycles. The third-order valence-corrected chi connectivity index (χ3v) is 5.64. The minimum absolute atomic E-state index is 0.0571. The molecule has 0 saturated carbocycles. The first-order valence-corrected chi connectivity index (χ1v) is 9.70. The lowest BCUT2D eigenvalue weighted by Gasteiger charge is -2.40. The van der Waals surface area contributed by atoms with Crippen LogP contribution in [0.25, 0.3) is 0 Å². The van der Waals surface area contributed by atoms with Gasteiger partial charge in [0.1, 0.15) is 11.5 Å². The second kappa shape index (κ2) is 6.78. The van der Waals surface area contributed by atoms with Gasteiger partial charge < -0.3 is 15.1 Å². The number of benzene rings is 4. The van der Waals surface area contributed by atoms with E-state index in [1.807, 2.05) is 59.5 Å². The molecule has 1 aliphatic rings. The molecule has 4 heteroatoms. The fourth-order valence-corrected chi connectivity index (χ4v) is 4.34. The van der Waals surface area contributed by atoms with Gasteiger partial charge in [-0.15, -0.1) is 0 Å². The number of nitrogens with zero attached hydrogens (tertiary/aromatic N) is 1. The number of para-hydroxylation sites is 2. The molecule has 0 fully saturated rings. The summed E-state index contributed by atoms with van der Waals surface area (Å²) >= 11 is 0. The van der Waals surface area contributed by atoms with Crippen molar-refractivity contribution in [2.75, 3.05) is 4.90 Å². The normalized spacial score (nSPS) is 14.5. The zero-order chi connectivity index (χ0) is 20.7. The van der Waals surface area contributed by atoms with Crippen molar-refractivity contribution in [1.82, 2.24) is 0 Å². The average molecular weight is 393 g/mol. The Labute approximate surface area is 174 Å². The lowest BCUT2D eigenvalue weighted by molar-refractivity contribution is 0.0931. The highest BCUT2D eigenvalue weighted by atomic mass is 16.3. The van der Waals surface area contributed by atoms with E-state index in [4.69, 9.17) is 0 Å². The SMILES string of the molecule is O=C1c2ccccc2N(c2ccccc2)C1(c1ccc(O)cc1)c1ccc(O)cc1. The van der Waals surface area contributed by atoms with Crippen molar-refractivity contribution in [3.05, 3.63) is 120 Å². The fraction of sp³-hybridized carbons (Fsp3) is 0.0385. The summed E-state index contributed by atoms with van der Waals surface area (Å²) in [6, 6.07) is 30.9. The smallest absolute Gasteiger partial charge is 0.200 e. The van der Waals surface area contributed by atoms with Gasteiger partial charge in [0.25, 0.3) is 0 Å². The Balaban J connectivity index is 1.89. The standard InChI is InChI=1S/C26H19NO3/c28-21-14-10-18(11-15-21)26(19-12-16-22(29)17-13-19)25(30)23-8-4-5-9-24(23)27(26)20-6-2-1-3-7-20/h1-17,28-29H. The molecule has 0 aliphatic carbocycles. The number of fused-ring (bicyclic) bond motifs is 1. The van der Waals surface area contributed by atoms with Crippen molar-refractivity contribution < 1.29 is 15.0 Å². The number of phenolic OH excluding ortho intramolecular Hbond substituents is 2. The van der Waals surface area contributed by atoms with Gasteiger partial charge in [0.15, 0.2) is 11.3 Å². The van der Waals surface area contributed by atoms with Gasteiger partial charge in [-0.1, -0.05) is 54.6 Å². The summed E-state index contributed by atoms with van der Waals surface area (Å²) < 4.78 is 0. The Morgan fingerprint density at radius 3 is 1.67 bits per heavy atom. The minimum atomic E-state index is -1.17. The van der Waals surface area contributed by atoms with Gasteiger partial charge in [0, 0.05) is 11.3 Å². The molecule has 30 heavy (non-hydrogen) atoms. The Kier molecular flexibility index (Phi) is 4.07. The lowest BCUT2D eigenvalue weighted by Crippen LogP contribution is -2.46. The summed E-state index contributed by atoms with van der Waals surface area (Å²) in [5.41, 5.74) is 2.60. The second-order valence-electron chi connectivity index (χ2n) is 7.32. The van der Waals surface area contributed by atoms with Gasteiger partial charge in [-0.05, 0) is 59.7 Å². The zero-order valence-corrected chi connectivity index (χ0v) is 16.1. The third kappa shape index (κ3) is 2.51. The quantitative estimate of drug-likeness (QED) is 0.491. The molecule has 1 heterocycles. The van der Waals surface area contributed by atoms with Crippen LogP contribution in [0.1, 0.15) is 21.5 Å². The Bertz CT molecular complexity index is 1170. The fourth-order valence-electron chi connectivity index (χ4n) is 4.34. The van der Waals surface area contributed by atoms with Crippen LogP contribution < -0.4 is 4.90 Å². The topological polar surface area (TPSA) is 60.8 Å². The van der Waals surface area contributed by atoms with Crippen molar-refractivity contribution in [3.63, 3.8) is 0 Å². The van der Waals surface area contributed by atoms with Gasteiger partial charge in [-0.3, -0.25) is 4.79 Å². The lowest BCUT2D eigenvalue weighted by atomic mass is 9.78. The molecule has 0 atom stereocenters. The maximum atomic E-state index is 14.1. The van der Waals surface area contributed by atoms with E-state index in [2.05, 4.69) is 0 Å². The minimum Gasteiger partial charge on any atom is -0.508 e. The number of Topliss-reactive ketones (excluding diaryl/α,β-unsaturated/α-hetero) is 1. The molecule has 0 spiro atoms. The molecule has 2 N–H and O–H groups in total. The van der Waals surface area contributed by atoms with Crippen LogP contribution >= 0.6 is 0 Å². The number of hydrogen-bond donors (Lipinski definition) is 2.